The van der Waals surface area contributed by atoms with Gasteiger partial charge in [-0.05, 0) is 12.1 Å². The fraction of sp³-hybridized carbons (Fsp3) is 0.250. The Bertz CT molecular complexity index is 441. The zero-order valence-electron chi connectivity index (χ0n) is 7.25. The van der Waals surface area contributed by atoms with Crippen molar-refractivity contribution in [2.45, 2.75) is 10.8 Å². The molecular weight excluding hydrogens is 253 g/mol. The van der Waals surface area contributed by atoms with Gasteiger partial charge in [-0.2, -0.15) is 8.78 Å². The van der Waals surface area contributed by atoms with Crippen LogP contribution in [0.5, 0.6) is 0 Å². The fourth-order valence-electron chi connectivity index (χ4n) is 0.938. The number of hydrogen-bond acceptors (Lipinski definition) is 2. The molecule has 0 amide bonds. The van der Waals surface area contributed by atoms with Crippen LogP contribution in [0, 0.1) is 0 Å². The second-order valence-electron chi connectivity index (χ2n) is 2.80. The Hall–Kier alpha value is -0.750. The third-order valence-corrected chi connectivity index (χ3v) is 3.10. The first-order chi connectivity index (χ1) is 6.77. The molecule has 1 aromatic rings. The van der Waals surface area contributed by atoms with Gasteiger partial charge in [0.2, 0.25) is 0 Å². The summed E-state index contributed by atoms with van der Waals surface area (Å²) in [6, 6.07) is 3.46. The van der Waals surface area contributed by atoms with Crippen molar-refractivity contribution in [3.8, 4) is 0 Å². The molecule has 15 heavy (non-hydrogen) atoms. The zero-order chi connectivity index (χ0) is 11.7. The Balaban J connectivity index is 3.12. The van der Waals surface area contributed by atoms with Crippen molar-refractivity contribution in [1.29, 1.82) is 0 Å². The number of rotatable bonds is 3. The molecule has 0 heterocycles. The molecule has 0 N–H and O–H groups in total. The Morgan fingerprint density at radius 1 is 1.20 bits per heavy atom. The maximum atomic E-state index is 12.8. The van der Waals surface area contributed by atoms with Crippen molar-refractivity contribution in [2.24, 2.45) is 0 Å². The van der Waals surface area contributed by atoms with E-state index in [1.807, 2.05) is 0 Å². The fourth-order valence-corrected chi connectivity index (χ4v) is 1.71. The van der Waals surface area contributed by atoms with E-state index in [2.05, 4.69) is 0 Å². The van der Waals surface area contributed by atoms with Gasteiger partial charge in [0.15, 0.2) is 6.67 Å². The first-order valence-electron chi connectivity index (χ1n) is 3.76. The van der Waals surface area contributed by atoms with Crippen LogP contribution in [0.4, 0.5) is 13.2 Å². The van der Waals surface area contributed by atoms with Gasteiger partial charge in [0, 0.05) is 16.2 Å². The number of hydrogen-bond donors (Lipinski definition) is 0. The van der Waals surface area contributed by atoms with Gasteiger partial charge in [0.1, 0.15) is 0 Å². The molecule has 0 saturated carbocycles. The van der Waals surface area contributed by atoms with Crippen molar-refractivity contribution < 1.29 is 21.6 Å². The number of benzene rings is 1. The highest BCUT2D eigenvalue weighted by Crippen LogP contribution is 2.29. The molecular formula is C8H6ClF3O2S. The molecule has 7 heteroatoms. The molecule has 0 unspecified atom stereocenters. The van der Waals surface area contributed by atoms with E-state index in [0.29, 0.717) is 0 Å². The molecule has 0 aromatic heterocycles. The summed E-state index contributed by atoms with van der Waals surface area (Å²) in [6.45, 7) is -1.83. The van der Waals surface area contributed by atoms with E-state index >= 15 is 0 Å². The maximum Gasteiger partial charge on any atom is 0.301 e. The van der Waals surface area contributed by atoms with Crippen molar-refractivity contribution in [1.82, 2.24) is 0 Å². The van der Waals surface area contributed by atoms with Crippen molar-refractivity contribution in [3.63, 3.8) is 0 Å². The summed E-state index contributed by atoms with van der Waals surface area (Å²) < 4.78 is 58.9. The van der Waals surface area contributed by atoms with Gasteiger partial charge < -0.3 is 0 Å². The summed E-state index contributed by atoms with van der Waals surface area (Å²) in [6.07, 6.45) is 0. The second-order valence-corrected chi connectivity index (χ2v) is 5.37. The molecule has 0 aliphatic carbocycles. The molecule has 2 nitrogen and oxygen atoms in total. The van der Waals surface area contributed by atoms with Crippen molar-refractivity contribution >= 4 is 19.7 Å². The third kappa shape index (κ3) is 2.85. The second kappa shape index (κ2) is 4.02. The highest BCUT2D eigenvalue weighted by atomic mass is 35.7. The smallest absolute Gasteiger partial charge is 0.244 e. The zero-order valence-corrected chi connectivity index (χ0v) is 8.83. The number of halogens is 4. The van der Waals surface area contributed by atoms with Crippen LogP contribution in [0.3, 0.4) is 0 Å². The summed E-state index contributed by atoms with van der Waals surface area (Å²) in [5, 5.41) is 0. The minimum Gasteiger partial charge on any atom is -0.244 e. The molecule has 0 radical (unpaired) electrons. The largest absolute Gasteiger partial charge is 0.301 e. The van der Waals surface area contributed by atoms with E-state index in [1.54, 1.807) is 0 Å². The first-order valence-corrected chi connectivity index (χ1v) is 6.07. The molecule has 0 saturated heterocycles. The maximum absolute atomic E-state index is 12.8. The summed E-state index contributed by atoms with van der Waals surface area (Å²) in [5.41, 5.74) is -0.589. The van der Waals surface area contributed by atoms with Crippen LogP contribution in [-0.4, -0.2) is 15.1 Å². The predicted molar refractivity (Wildman–Crippen MR) is 49.3 cm³/mol. The van der Waals surface area contributed by atoms with Gasteiger partial charge in [-0.25, -0.2) is 12.8 Å². The summed E-state index contributed by atoms with van der Waals surface area (Å²) in [5.74, 6) is -3.60. The molecule has 0 spiro atoms. The Kier molecular flexibility index (Phi) is 3.30. The Labute approximate surface area is 89.1 Å². The van der Waals surface area contributed by atoms with Crippen LogP contribution in [0.15, 0.2) is 29.2 Å². The average molecular weight is 259 g/mol. The van der Waals surface area contributed by atoms with E-state index in [1.165, 1.54) is 0 Å². The van der Waals surface area contributed by atoms with E-state index < -0.39 is 27.2 Å². The van der Waals surface area contributed by atoms with Crippen LogP contribution in [-0.2, 0) is 15.0 Å². The highest BCUT2D eigenvalue weighted by Gasteiger charge is 2.31. The van der Waals surface area contributed by atoms with E-state index in [-0.39, 0.29) is 4.90 Å². The van der Waals surface area contributed by atoms with Gasteiger partial charge in [-0.1, -0.05) is 12.1 Å². The molecule has 0 aliphatic rings. The molecule has 84 valence electrons. The Morgan fingerprint density at radius 3 is 2.00 bits per heavy atom. The normalized spacial score (nSPS) is 12.8. The topological polar surface area (TPSA) is 34.1 Å². The standard InChI is InChI=1S/C8H6ClF3O2S/c9-15(13,14)7-3-1-6(2-4-7)8(11,12)5-10/h1-4H,5H2. The van der Waals surface area contributed by atoms with E-state index in [0.717, 1.165) is 24.3 Å². The molecule has 0 fully saturated rings. The van der Waals surface area contributed by atoms with Gasteiger partial charge in [-0.15, -0.1) is 0 Å². The van der Waals surface area contributed by atoms with E-state index in [4.69, 9.17) is 10.7 Å². The first kappa shape index (κ1) is 12.3. The number of alkyl halides is 3. The minimum atomic E-state index is -3.94. The third-order valence-electron chi connectivity index (χ3n) is 1.73. The van der Waals surface area contributed by atoms with Gasteiger partial charge in [-0.3, -0.25) is 0 Å². The van der Waals surface area contributed by atoms with Crippen LogP contribution in [0.25, 0.3) is 0 Å². The lowest BCUT2D eigenvalue weighted by Gasteiger charge is -2.12. The molecule has 0 bridgehead atoms. The highest BCUT2D eigenvalue weighted by molar-refractivity contribution is 8.13. The van der Waals surface area contributed by atoms with Gasteiger partial charge >= 0.3 is 5.92 Å². The van der Waals surface area contributed by atoms with Gasteiger partial charge in [0.05, 0.1) is 4.90 Å². The molecule has 0 atom stereocenters. The summed E-state index contributed by atoms with van der Waals surface area (Å²) in [7, 11) is 1.03. The lowest BCUT2D eigenvalue weighted by Crippen LogP contribution is -2.15. The summed E-state index contributed by atoms with van der Waals surface area (Å²) in [4.78, 5) is -0.303. The van der Waals surface area contributed by atoms with Gasteiger partial charge in [0.25, 0.3) is 9.05 Å². The van der Waals surface area contributed by atoms with Crippen LogP contribution in [0.1, 0.15) is 5.56 Å². The predicted octanol–water partition coefficient (Wildman–Crippen LogP) is 2.68. The van der Waals surface area contributed by atoms with Crippen molar-refractivity contribution in [2.75, 3.05) is 6.67 Å². The monoisotopic (exact) mass is 258 g/mol. The van der Waals surface area contributed by atoms with Crippen LogP contribution in [0.2, 0.25) is 0 Å². The van der Waals surface area contributed by atoms with Crippen LogP contribution < -0.4 is 0 Å². The lowest BCUT2D eigenvalue weighted by atomic mass is 10.1. The Morgan fingerprint density at radius 2 is 1.67 bits per heavy atom. The lowest BCUT2D eigenvalue weighted by molar-refractivity contribution is -0.0281. The SMILES string of the molecule is O=S(=O)(Cl)c1ccc(C(F)(F)CF)cc1. The quantitative estimate of drug-likeness (QED) is 0.781. The van der Waals surface area contributed by atoms with E-state index in [9.17, 15) is 21.6 Å². The minimum absolute atomic E-state index is 0.303. The van der Waals surface area contributed by atoms with Crippen molar-refractivity contribution in [3.05, 3.63) is 29.8 Å². The molecule has 1 aromatic carbocycles. The molecule has 1 rings (SSSR count). The summed E-state index contributed by atoms with van der Waals surface area (Å²) >= 11 is 0. The van der Waals surface area contributed by atoms with Crippen LogP contribution >= 0.6 is 10.7 Å². The molecule has 0 aliphatic heterocycles. The average Bonchev–Trinajstić information content (AvgIpc) is 2.17.